The lowest BCUT2D eigenvalue weighted by Gasteiger charge is -2.29. The summed E-state index contributed by atoms with van der Waals surface area (Å²) >= 11 is 0. The molecule has 1 fully saturated rings. The molecule has 1 aliphatic heterocycles. The van der Waals surface area contributed by atoms with Crippen LogP contribution in [0, 0.1) is 0 Å². The zero-order valence-corrected chi connectivity index (χ0v) is 11.3. The van der Waals surface area contributed by atoms with Crippen LogP contribution in [0.2, 0.25) is 0 Å². The number of urea groups is 1. The van der Waals surface area contributed by atoms with Crippen LogP contribution in [-0.4, -0.2) is 65.4 Å². The summed E-state index contributed by atoms with van der Waals surface area (Å²) in [7, 11) is 0. The lowest BCUT2D eigenvalue weighted by molar-refractivity contribution is -0.140. The lowest BCUT2D eigenvalue weighted by atomic mass is 10.1. The van der Waals surface area contributed by atoms with E-state index in [4.69, 9.17) is 10.2 Å². The molecule has 2 unspecified atom stereocenters. The first-order valence-electron chi connectivity index (χ1n) is 6.66. The number of nitrogens with one attached hydrogen (secondary N) is 2. The first kappa shape index (κ1) is 15.7. The van der Waals surface area contributed by atoms with Gasteiger partial charge in [-0.15, -0.1) is 0 Å². The van der Waals surface area contributed by atoms with Gasteiger partial charge in [-0.05, 0) is 32.9 Å². The number of hydrogen-bond acceptors (Lipinski definition) is 4. The number of carbonyl (C=O) groups is 2. The van der Waals surface area contributed by atoms with Gasteiger partial charge in [0, 0.05) is 12.6 Å². The Bertz CT molecular complexity index is 305. The number of carbonyl (C=O) groups excluding carboxylic acids is 1. The molecule has 0 radical (unpaired) electrons. The maximum absolute atomic E-state index is 11.6. The molecule has 0 aromatic heterocycles. The maximum atomic E-state index is 11.6. The average Bonchev–Trinajstić information content (AvgIpc) is 2.36. The number of piperidine rings is 1. The van der Waals surface area contributed by atoms with Crippen LogP contribution in [-0.2, 0) is 4.79 Å². The molecule has 0 aromatic rings. The van der Waals surface area contributed by atoms with E-state index >= 15 is 0 Å². The van der Waals surface area contributed by atoms with Crippen molar-refractivity contribution in [3.05, 3.63) is 0 Å². The third-order valence-electron chi connectivity index (χ3n) is 3.14. The van der Waals surface area contributed by atoms with Gasteiger partial charge in [0.05, 0.1) is 6.61 Å². The number of nitrogens with zero attached hydrogens (tertiary/aromatic N) is 1. The van der Waals surface area contributed by atoms with Crippen LogP contribution < -0.4 is 10.6 Å². The number of rotatable bonds is 6. The maximum Gasteiger partial charge on any atom is 0.328 e. The molecule has 0 aromatic carbocycles. The average molecular weight is 273 g/mol. The largest absolute Gasteiger partial charge is 0.480 e. The molecule has 0 spiro atoms. The minimum Gasteiger partial charge on any atom is -0.480 e. The molecule has 19 heavy (non-hydrogen) atoms. The van der Waals surface area contributed by atoms with Gasteiger partial charge in [-0.3, -0.25) is 0 Å². The van der Waals surface area contributed by atoms with Crippen molar-refractivity contribution in [1.29, 1.82) is 0 Å². The van der Waals surface area contributed by atoms with E-state index in [1.807, 2.05) is 6.92 Å². The summed E-state index contributed by atoms with van der Waals surface area (Å²) in [6.45, 7) is 4.10. The predicted octanol–water partition coefficient (Wildman–Crippen LogP) is -0.394. The SMILES string of the molecule is CC(CN1CCCCC1)NC(=O)NC(CO)C(=O)O. The van der Waals surface area contributed by atoms with E-state index < -0.39 is 24.6 Å². The third-order valence-corrected chi connectivity index (χ3v) is 3.14. The summed E-state index contributed by atoms with van der Waals surface area (Å²) in [5.41, 5.74) is 0. The van der Waals surface area contributed by atoms with Crippen molar-refractivity contribution >= 4 is 12.0 Å². The third kappa shape index (κ3) is 5.89. The van der Waals surface area contributed by atoms with Crippen molar-refractivity contribution in [3.63, 3.8) is 0 Å². The second-order valence-electron chi connectivity index (χ2n) is 4.95. The van der Waals surface area contributed by atoms with Crippen LogP contribution in [0.15, 0.2) is 0 Å². The number of aliphatic hydroxyl groups is 1. The lowest BCUT2D eigenvalue weighted by Crippen LogP contribution is -2.52. The molecule has 1 aliphatic rings. The van der Waals surface area contributed by atoms with Crippen LogP contribution in [0.4, 0.5) is 4.79 Å². The zero-order chi connectivity index (χ0) is 14.3. The summed E-state index contributed by atoms with van der Waals surface area (Å²) < 4.78 is 0. The number of amides is 2. The van der Waals surface area contributed by atoms with Gasteiger partial charge in [0.2, 0.25) is 0 Å². The Morgan fingerprint density at radius 3 is 2.37 bits per heavy atom. The van der Waals surface area contributed by atoms with Crippen molar-refractivity contribution < 1.29 is 19.8 Å². The van der Waals surface area contributed by atoms with Crippen molar-refractivity contribution in [2.75, 3.05) is 26.2 Å². The first-order chi connectivity index (χ1) is 9.02. The molecule has 7 heteroatoms. The summed E-state index contributed by atoms with van der Waals surface area (Å²) in [6.07, 6.45) is 3.63. The molecule has 2 atom stereocenters. The summed E-state index contributed by atoms with van der Waals surface area (Å²) in [6, 6.07) is -1.89. The summed E-state index contributed by atoms with van der Waals surface area (Å²) in [5, 5.41) is 22.4. The molecule has 4 N–H and O–H groups in total. The quantitative estimate of drug-likeness (QED) is 0.528. The predicted molar refractivity (Wildman–Crippen MR) is 69.9 cm³/mol. The fourth-order valence-electron chi connectivity index (χ4n) is 2.18. The van der Waals surface area contributed by atoms with Gasteiger partial charge in [-0.2, -0.15) is 0 Å². The van der Waals surface area contributed by atoms with Crippen molar-refractivity contribution in [3.8, 4) is 0 Å². The van der Waals surface area contributed by atoms with Crippen molar-refractivity contribution in [1.82, 2.24) is 15.5 Å². The molecule has 110 valence electrons. The van der Waals surface area contributed by atoms with E-state index in [-0.39, 0.29) is 6.04 Å². The first-order valence-corrected chi connectivity index (χ1v) is 6.66. The molecule has 1 heterocycles. The number of aliphatic hydroxyl groups excluding tert-OH is 1. The van der Waals surface area contributed by atoms with Crippen LogP contribution in [0.1, 0.15) is 26.2 Å². The van der Waals surface area contributed by atoms with Gasteiger partial charge in [0.1, 0.15) is 0 Å². The Morgan fingerprint density at radius 2 is 1.84 bits per heavy atom. The molecule has 0 saturated carbocycles. The van der Waals surface area contributed by atoms with Gasteiger partial charge in [-0.25, -0.2) is 9.59 Å². The molecule has 1 saturated heterocycles. The van der Waals surface area contributed by atoms with Crippen LogP contribution in [0.3, 0.4) is 0 Å². The van der Waals surface area contributed by atoms with Gasteiger partial charge in [0.25, 0.3) is 0 Å². The Morgan fingerprint density at radius 1 is 1.21 bits per heavy atom. The minimum atomic E-state index is -1.26. The fraction of sp³-hybridized carbons (Fsp3) is 0.833. The normalized spacial score (nSPS) is 19.5. The molecule has 2 amide bonds. The molecule has 0 aliphatic carbocycles. The van der Waals surface area contributed by atoms with E-state index in [0.717, 1.165) is 19.6 Å². The highest BCUT2D eigenvalue weighted by Crippen LogP contribution is 2.08. The second-order valence-corrected chi connectivity index (χ2v) is 4.95. The number of aliphatic carboxylic acids is 1. The molecular formula is C12H23N3O4. The summed E-state index contributed by atoms with van der Waals surface area (Å²) in [5.74, 6) is -1.25. The van der Waals surface area contributed by atoms with Crippen LogP contribution in [0.5, 0.6) is 0 Å². The summed E-state index contributed by atoms with van der Waals surface area (Å²) in [4.78, 5) is 24.5. The van der Waals surface area contributed by atoms with Gasteiger partial charge in [0.15, 0.2) is 6.04 Å². The van der Waals surface area contributed by atoms with E-state index in [9.17, 15) is 9.59 Å². The van der Waals surface area contributed by atoms with Gasteiger partial charge < -0.3 is 25.7 Å². The molecule has 0 bridgehead atoms. The van der Waals surface area contributed by atoms with Crippen molar-refractivity contribution in [2.24, 2.45) is 0 Å². The fourth-order valence-corrected chi connectivity index (χ4v) is 2.18. The molecular weight excluding hydrogens is 250 g/mol. The monoisotopic (exact) mass is 273 g/mol. The second kappa shape index (κ2) is 7.96. The number of hydrogen-bond donors (Lipinski definition) is 4. The highest BCUT2D eigenvalue weighted by molar-refractivity contribution is 5.82. The molecule has 1 rings (SSSR count). The Balaban J connectivity index is 2.28. The number of carboxylic acids is 1. The van der Waals surface area contributed by atoms with Crippen LogP contribution in [0.25, 0.3) is 0 Å². The van der Waals surface area contributed by atoms with E-state index in [0.29, 0.717) is 0 Å². The highest BCUT2D eigenvalue weighted by atomic mass is 16.4. The Kier molecular flexibility index (Phi) is 6.58. The topological polar surface area (TPSA) is 102 Å². The van der Waals surface area contributed by atoms with Crippen molar-refractivity contribution in [2.45, 2.75) is 38.3 Å². The number of carboxylic acid groups (broad SMARTS) is 1. The van der Waals surface area contributed by atoms with Gasteiger partial charge >= 0.3 is 12.0 Å². The Hall–Kier alpha value is -1.34. The smallest absolute Gasteiger partial charge is 0.328 e. The zero-order valence-electron chi connectivity index (χ0n) is 11.3. The Labute approximate surface area is 113 Å². The number of likely N-dealkylation sites (tertiary alicyclic amines) is 1. The highest BCUT2D eigenvalue weighted by Gasteiger charge is 2.20. The minimum absolute atomic E-state index is 0.0637. The van der Waals surface area contributed by atoms with E-state index in [2.05, 4.69) is 15.5 Å². The van der Waals surface area contributed by atoms with Crippen LogP contribution >= 0.6 is 0 Å². The van der Waals surface area contributed by atoms with E-state index in [1.165, 1.54) is 19.3 Å². The standard InChI is InChI=1S/C12H23N3O4/c1-9(7-15-5-3-2-4-6-15)13-12(19)14-10(8-16)11(17)18/h9-10,16H,2-8H2,1H3,(H,17,18)(H2,13,14,19). The molecule has 7 nitrogen and oxygen atoms in total. The van der Waals surface area contributed by atoms with Gasteiger partial charge in [-0.1, -0.05) is 6.42 Å². The van der Waals surface area contributed by atoms with E-state index in [1.54, 1.807) is 0 Å².